The lowest BCUT2D eigenvalue weighted by atomic mass is 10.1. The Morgan fingerprint density at radius 2 is 1.69 bits per heavy atom. The van der Waals surface area contributed by atoms with Gasteiger partial charge >= 0.3 is 12.1 Å². The Hall–Kier alpha value is -4.81. The Bertz CT molecular complexity index is 1670. The van der Waals surface area contributed by atoms with Gasteiger partial charge in [-0.2, -0.15) is 0 Å². The van der Waals surface area contributed by atoms with Gasteiger partial charge in [-0.05, 0) is 63.1 Å². The van der Waals surface area contributed by atoms with Crippen molar-refractivity contribution < 1.29 is 38.1 Å². The SMILES string of the molecule is CC(C)(C)OC(=O)NC/C=C/COCC1C[C@@H](C(=O)OCc2ccccc2)N(C(=O)CNC(=O)c2ccc3c(c2)Oc2ccccc2S3)C1. The van der Waals surface area contributed by atoms with E-state index >= 15 is 0 Å². The topological polar surface area (TPSA) is 132 Å². The lowest BCUT2D eigenvalue weighted by Crippen LogP contribution is -2.46. The molecule has 2 heterocycles. The summed E-state index contributed by atoms with van der Waals surface area (Å²) in [5.41, 5.74) is 0.616. The van der Waals surface area contributed by atoms with Crippen molar-refractivity contribution >= 4 is 35.6 Å². The van der Waals surface area contributed by atoms with E-state index in [0.29, 0.717) is 24.3 Å². The van der Waals surface area contributed by atoms with Crippen molar-refractivity contribution in [3.63, 3.8) is 0 Å². The summed E-state index contributed by atoms with van der Waals surface area (Å²) in [4.78, 5) is 54.9. The largest absolute Gasteiger partial charge is 0.459 e. The third kappa shape index (κ3) is 10.3. The number of esters is 1. The maximum Gasteiger partial charge on any atom is 0.407 e. The number of rotatable bonds is 12. The van der Waals surface area contributed by atoms with Crippen molar-refractivity contribution in [3.8, 4) is 11.5 Å². The molecule has 1 saturated heterocycles. The van der Waals surface area contributed by atoms with E-state index in [1.54, 1.807) is 56.8 Å². The normalized spacial score (nSPS) is 16.7. The number of hydrogen-bond acceptors (Lipinski definition) is 9. The Labute approximate surface area is 290 Å². The summed E-state index contributed by atoms with van der Waals surface area (Å²) in [5.74, 6) is -0.176. The van der Waals surface area contributed by atoms with E-state index in [1.807, 2.05) is 60.7 Å². The molecule has 1 fully saturated rings. The van der Waals surface area contributed by atoms with Gasteiger partial charge in [0.25, 0.3) is 5.91 Å². The van der Waals surface area contributed by atoms with E-state index < -0.39 is 35.5 Å². The van der Waals surface area contributed by atoms with Crippen molar-refractivity contribution in [2.45, 2.75) is 55.2 Å². The third-order valence-electron chi connectivity index (χ3n) is 7.60. The van der Waals surface area contributed by atoms with Crippen LogP contribution in [0.3, 0.4) is 0 Å². The van der Waals surface area contributed by atoms with Gasteiger partial charge in [-0.3, -0.25) is 9.59 Å². The molecule has 0 saturated carbocycles. The van der Waals surface area contributed by atoms with E-state index in [1.165, 1.54) is 4.90 Å². The van der Waals surface area contributed by atoms with Crippen molar-refractivity contribution in [1.82, 2.24) is 15.5 Å². The van der Waals surface area contributed by atoms with E-state index in [2.05, 4.69) is 10.6 Å². The first-order valence-electron chi connectivity index (χ1n) is 16.1. The first kappa shape index (κ1) is 35.5. The quantitative estimate of drug-likeness (QED) is 0.109. The average Bonchev–Trinajstić information content (AvgIpc) is 3.52. The number of benzene rings is 3. The van der Waals surface area contributed by atoms with Crippen molar-refractivity contribution in [3.05, 3.63) is 96.1 Å². The van der Waals surface area contributed by atoms with Crippen LogP contribution in [0.25, 0.3) is 0 Å². The second-order valence-electron chi connectivity index (χ2n) is 12.6. The van der Waals surface area contributed by atoms with Crippen LogP contribution in [-0.4, -0.2) is 73.3 Å². The number of alkyl carbamates (subject to hydrolysis) is 1. The number of nitrogens with zero attached hydrogens (tertiary/aromatic N) is 1. The number of carbonyl (C=O) groups excluding carboxylic acids is 4. The van der Waals surface area contributed by atoms with E-state index in [0.717, 1.165) is 21.1 Å². The molecule has 2 aliphatic heterocycles. The fraction of sp³-hybridized carbons (Fsp3) is 0.351. The highest BCUT2D eigenvalue weighted by Gasteiger charge is 2.40. The molecule has 0 aromatic heterocycles. The zero-order valence-electron chi connectivity index (χ0n) is 27.8. The van der Waals surface area contributed by atoms with Crippen molar-refractivity contribution in [2.75, 3.05) is 32.8 Å². The first-order valence-corrected chi connectivity index (χ1v) is 16.9. The van der Waals surface area contributed by atoms with Gasteiger partial charge in [-0.1, -0.05) is 66.4 Å². The molecule has 0 radical (unpaired) electrons. The number of hydrogen-bond donors (Lipinski definition) is 2. The minimum absolute atomic E-state index is 0.0847. The van der Waals surface area contributed by atoms with Crippen LogP contribution in [-0.2, 0) is 30.4 Å². The smallest absolute Gasteiger partial charge is 0.407 e. The molecule has 2 aliphatic rings. The number of para-hydroxylation sites is 1. The van der Waals surface area contributed by atoms with Crippen LogP contribution < -0.4 is 15.4 Å². The number of fused-ring (bicyclic) bond motifs is 2. The number of amides is 3. The van der Waals surface area contributed by atoms with Gasteiger partial charge in [0.15, 0.2) is 0 Å². The molecule has 3 aromatic carbocycles. The summed E-state index contributed by atoms with van der Waals surface area (Å²) in [7, 11) is 0. The van der Waals surface area contributed by atoms with Crippen LogP contribution in [0.1, 0.15) is 43.1 Å². The molecule has 3 aromatic rings. The molecule has 258 valence electrons. The van der Waals surface area contributed by atoms with Crippen LogP contribution in [0.5, 0.6) is 11.5 Å². The van der Waals surface area contributed by atoms with Crippen LogP contribution in [0.15, 0.2) is 94.7 Å². The van der Waals surface area contributed by atoms with Gasteiger partial charge in [0.2, 0.25) is 5.91 Å². The molecule has 49 heavy (non-hydrogen) atoms. The van der Waals surface area contributed by atoms with Crippen LogP contribution in [0.4, 0.5) is 4.79 Å². The van der Waals surface area contributed by atoms with Gasteiger partial charge in [0.05, 0.1) is 29.5 Å². The number of carbonyl (C=O) groups is 4. The minimum Gasteiger partial charge on any atom is -0.459 e. The Morgan fingerprint density at radius 3 is 2.49 bits per heavy atom. The van der Waals surface area contributed by atoms with Gasteiger partial charge < -0.3 is 34.5 Å². The zero-order chi connectivity index (χ0) is 34.8. The van der Waals surface area contributed by atoms with Gasteiger partial charge in [0, 0.05) is 24.6 Å². The molecule has 0 aliphatic carbocycles. The van der Waals surface area contributed by atoms with E-state index in [4.69, 9.17) is 18.9 Å². The summed E-state index contributed by atoms with van der Waals surface area (Å²) < 4.78 is 22.6. The molecular formula is C37H41N3O8S. The molecule has 0 spiro atoms. The Morgan fingerprint density at radius 1 is 0.939 bits per heavy atom. The summed E-state index contributed by atoms with van der Waals surface area (Å²) in [6.07, 6.45) is 3.39. The molecule has 2 N–H and O–H groups in total. The van der Waals surface area contributed by atoms with Crippen LogP contribution in [0.2, 0.25) is 0 Å². The van der Waals surface area contributed by atoms with E-state index in [-0.39, 0.29) is 38.8 Å². The molecular weight excluding hydrogens is 646 g/mol. The molecule has 0 bridgehead atoms. The monoisotopic (exact) mass is 687 g/mol. The lowest BCUT2D eigenvalue weighted by Gasteiger charge is -2.23. The predicted molar refractivity (Wildman–Crippen MR) is 183 cm³/mol. The van der Waals surface area contributed by atoms with Gasteiger partial charge in [0.1, 0.15) is 29.7 Å². The molecule has 5 rings (SSSR count). The average molecular weight is 688 g/mol. The second-order valence-corrected chi connectivity index (χ2v) is 13.7. The highest BCUT2D eigenvalue weighted by molar-refractivity contribution is 7.99. The van der Waals surface area contributed by atoms with Crippen LogP contribution >= 0.6 is 11.8 Å². The fourth-order valence-electron chi connectivity index (χ4n) is 5.31. The number of nitrogens with one attached hydrogen (secondary N) is 2. The van der Waals surface area contributed by atoms with Gasteiger partial charge in [-0.25, -0.2) is 9.59 Å². The Balaban J connectivity index is 1.14. The van der Waals surface area contributed by atoms with Crippen molar-refractivity contribution in [1.29, 1.82) is 0 Å². The van der Waals surface area contributed by atoms with E-state index in [9.17, 15) is 19.2 Å². The second kappa shape index (κ2) is 16.5. The molecule has 1 unspecified atom stereocenters. The van der Waals surface area contributed by atoms with Gasteiger partial charge in [-0.15, -0.1) is 0 Å². The minimum atomic E-state index is -0.815. The van der Waals surface area contributed by atoms with Crippen molar-refractivity contribution in [2.24, 2.45) is 5.92 Å². The predicted octanol–water partition coefficient (Wildman–Crippen LogP) is 5.73. The Kier molecular flexibility index (Phi) is 12.0. The standard InChI is InChI=1S/C37H41N3O8S/c1-37(2,3)48-36(44)38-17-9-10-18-45-23-26-19-28(35(43)46-24-25-11-5-4-6-12-25)40(22-26)33(41)21-39-34(42)27-15-16-32-30(20-27)47-29-13-7-8-14-31(29)49-32/h4-16,20,26,28H,17-19,21-24H2,1-3H3,(H,38,44)(H,39,42)/b10-9+/t26?,28-/m0/s1. The number of likely N-dealkylation sites (tertiary alicyclic amines) is 1. The summed E-state index contributed by atoms with van der Waals surface area (Å²) in [6, 6.07) is 21.3. The molecule has 11 nitrogen and oxygen atoms in total. The molecule has 12 heteroatoms. The zero-order valence-corrected chi connectivity index (χ0v) is 28.6. The summed E-state index contributed by atoms with van der Waals surface area (Å²) >= 11 is 1.56. The molecule has 2 atom stereocenters. The fourth-order valence-corrected chi connectivity index (χ4v) is 6.24. The molecule has 3 amide bonds. The van der Waals surface area contributed by atoms with Crippen LogP contribution in [0, 0.1) is 5.92 Å². The maximum absolute atomic E-state index is 13.5. The summed E-state index contributed by atoms with van der Waals surface area (Å²) in [6.45, 7) is 6.32. The maximum atomic E-state index is 13.5. The summed E-state index contributed by atoms with van der Waals surface area (Å²) in [5, 5.41) is 5.34. The highest BCUT2D eigenvalue weighted by atomic mass is 32.2. The third-order valence-corrected chi connectivity index (χ3v) is 8.71. The highest BCUT2D eigenvalue weighted by Crippen LogP contribution is 2.46. The number of ether oxygens (including phenoxy) is 4. The lowest BCUT2D eigenvalue weighted by molar-refractivity contribution is -0.154. The first-order chi connectivity index (χ1) is 23.6.